The van der Waals surface area contributed by atoms with Crippen molar-refractivity contribution < 1.29 is 14.3 Å². The molecule has 1 saturated heterocycles. The number of benzene rings is 1. The molecule has 2 aliphatic heterocycles. The summed E-state index contributed by atoms with van der Waals surface area (Å²) in [5, 5.41) is 6.50. The summed E-state index contributed by atoms with van der Waals surface area (Å²) in [4.78, 5) is 19.1. The average Bonchev–Trinajstić information content (AvgIpc) is 2.77. The van der Waals surface area contributed by atoms with Crippen LogP contribution in [0.25, 0.3) is 0 Å². The highest BCUT2D eigenvalue weighted by atomic mass is 16.5. The molecule has 0 saturated carbocycles. The summed E-state index contributed by atoms with van der Waals surface area (Å²) in [7, 11) is 0. The van der Waals surface area contributed by atoms with E-state index >= 15 is 0 Å². The molecule has 160 valence electrons. The van der Waals surface area contributed by atoms with E-state index in [9.17, 15) is 4.79 Å². The summed E-state index contributed by atoms with van der Waals surface area (Å²) in [6.45, 7) is 7.70. The number of hydrogen-bond acceptors (Lipinski definition) is 6. The van der Waals surface area contributed by atoms with Gasteiger partial charge in [0.1, 0.15) is 12.4 Å². The van der Waals surface area contributed by atoms with Crippen molar-refractivity contribution in [2.75, 3.05) is 50.1 Å². The number of fused-ring (bicyclic) bond motifs is 1. The number of morpholine rings is 1. The van der Waals surface area contributed by atoms with E-state index in [-0.39, 0.29) is 11.4 Å². The number of carbonyl (C=O) groups excluding carboxylic acids is 1. The monoisotopic (exact) mass is 410 g/mol. The van der Waals surface area contributed by atoms with E-state index in [0.717, 1.165) is 63.5 Å². The first-order valence-electron chi connectivity index (χ1n) is 10.7. The molecule has 0 bridgehead atoms. The lowest BCUT2D eigenvalue weighted by Gasteiger charge is -2.37. The number of pyridine rings is 1. The number of carbonyl (C=O) groups is 1. The van der Waals surface area contributed by atoms with Crippen LogP contribution < -0.4 is 15.4 Å². The van der Waals surface area contributed by atoms with Crippen LogP contribution in [0.1, 0.15) is 36.5 Å². The van der Waals surface area contributed by atoms with Crippen LogP contribution in [0.5, 0.6) is 5.75 Å². The molecule has 7 heteroatoms. The van der Waals surface area contributed by atoms with Gasteiger partial charge in [-0.1, -0.05) is 0 Å². The lowest BCUT2D eigenvalue weighted by Crippen LogP contribution is -2.44. The van der Waals surface area contributed by atoms with E-state index < -0.39 is 0 Å². The van der Waals surface area contributed by atoms with Crippen LogP contribution in [0.15, 0.2) is 42.7 Å². The Morgan fingerprint density at radius 3 is 2.93 bits per heavy atom. The van der Waals surface area contributed by atoms with Crippen molar-refractivity contribution in [1.82, 2.24) is 9.88 Å². The van der Waals surface area contributed by atoms with Crippen LogP contribution in [0.4, 0.5) is 11.4 Å². The van der Waals surface area contributed by atoms with Gasteiger partial charge in [-0.25, -0.2) is 0 Å². The van der Waals surface area contributed by atoms with Gasteiger partial charge in [-0.05, 0) is 63.1 Å². The third-order valence-electron chi connectivity index (χ3n) is 5.70. The molecular weight excluding hydrogens is 380 g/mol. The predicted octanol–water partition coefficient (Wildman–Crippen LogP) is 3.40. The minimum atomic E-state index is -0.162. The van der Waals surface area contributed by atoms with Crippen LogP contribution in [0, 0.1) is 0 Å². The summed E-state index contributed by atoms with van der Waals surface area (Å²) in [5.41, 5.74) is 1.99. The SMILES string of the molecule is CC1(CCCCN2CCOCC2)COc2ccc(C(=O)Nc3cccnc3)cc2N1. The predicted molar refractivity (Wildman–Crippen MR) is 117 cm³/mol. The molecule has 1 amide bonds. The zero-order valence-corrected chi connectivity index (χ0v) is 17.5. The minimum absolute atomic E-state index is 0.142. The number of anilines is 2. The molecule has 1 atom stereocenters. The van der Waals surface area contributed by atoms with Crippen molar-refractivity contribution in [2.24, 2.45) is 0 Å². The molecule has 7 nitrogen and oxygen atoms in total. The number of nitrogens with one attached hydrogen (secondary N) is 2. The fourth-order valence-electron chi connectivity index (χ4n) is 3.94. The molecule has 0 radical (unpaired) electrons. The molecular formula is C23H30N4O3. The van der Waals surface area contributed by atoms with Gasteiger partial charge in [-0.15, -0.1) is 0 Å². The van der Waals surface area contributed by atoms with Crippen molar-refractivity contribution in [3.05, 3.63) is 48.3 Å². The topological polar surface area (TPSA) is 75.7 Å². The van der Waals surface area contributed by atoms with E-state index in [0.29, 0.717) is 17.9 Å². The molecule has 0 aliphatic carbocycles. The van der Waals surface area contributed by atoms with Gasteiger partial charge in [0, 0.05) is 24.8 Å². The highest BCUT2D eigenvalue weighted by Crippen LogP contribution is 2.35. The number of rotatable bonds is 7. The number of hydrogen-bond donors (Lipinski definition) is 2. The highest BCUT2D eigenvalue weighted by Gasteiger charge is 2.30. The second kappa shape index (κ2) is 9.45. The molecule has 30 heavy (non-hydrogen) atoms. The number of ether oxygens (including phenoxy) is 2. The van der Waals surface area contributed by atoms with Crippen molar-refractivity contribution in [2.45, 2.75) is 31.7 Å². The first-order valence-corrected chi connectivity index (χ1v) is 10.7. The summed E-state index contributed by atoms with van der Waals surface area (Å²) in [6, 6.07) is 9.13. The van der Waals surface area contributed by atoms with Gasteiger partial charge in [0.2, 0.25) is 0 Å². The van der Waals surface area contributed by atoms with Crippen LogP contribution in [-0.4, -0.2) is 60.8 Å². The lowest BCUT2D eigenvalue weighted by atomic mass is 9.93. The summed E-state index contributed by atoms with van der Waals surface area (Å²) in [5.74, 6) is 0.629. The van der Waals surface area contributed by atoms with Gasteiger partial charge in [0.25, 0.3) is 5.91 Å². The second-order valence-electron chi connectivity index (χ2n) is 8.29. The van der Waals surface area contributed by atoms with Gasteiger partial charge in [-0.3, -0.25) is 14.7 Å². The molecule has 2 aliphatic rings. The Labute approximate surface area is 177 Å². The maximum atomic E-state index is 12.6. The standard InChI is InChI=1S/C23H30N4O3/c1-23(8-2-3-10-27-11-13-29-14-12-27)17-30-21-7-6-18(15-20(21)26-23)22(28)25-19-5-4-9-24-16-19/h4-7,9,15-16,26H,2-3,8,10-14,17H2,1H3,(H,25,28). The molecule has 1 aromatic heterocycles. The molecule has 4 rings (SSSR count). The van der Waals surface area contributed by atoms with E-state index in [1.165, 1.54) is 0 Å². The minimum Gasteiger partial charge on any atom is -0.489 e. The fourth-order valence-corrected chi connectivity index (χ4v) is 3.94. The van der Waals surface area contributed by atoms with Crippen LogP contribution in [0.3, 0.4) is 0 Å². The lowest BCUT2D eigenvalue weighted by molar-refractivity contribution is 0.0369. The molecule has 0 spiro atoms. The Hall–Kier alpha value is -2.64. The van der Waals surface area contributed by atoms with Crippen molar-refractivity contribution in [1.29, 1.82) is 0 Å². The Kier molecular flexibility index (Phi) is 6.50. The molecule has 2 aromatic rings. The van der Waals surface area contributed by atoms with Crippen LogP contribution >= 0.6 is 0 Å². The number of nitrogens with zero attached hydrogens (tertiary/aromatic N) is 2. The van der Waals surface area contributed by atoms with Gasteiger partial charge in [-0.2, -0.15) is 0 Å². The Morgan fingerprint density at radius 2 is 2.13 bits per heavy atom. The number of aromatic nitrogens is 1. The van der Waals surface area contributed by atoms with E-state index in [4.69, 9.17) is 9.47 Å². The highest BCUT2D eigenvalue weighted by molar-refractivity contribution is 6.05. The maximum absolute atomic E-state index is 12.6. The van der Waals surface area contributed by atoms with Crippen LogP contribution in [0.2, 0.25) is 0 Å². The first kappa shape index (κ1) is 20.6. The van der Waals surface area contributed by atoms with Gasteiger partial charge < -0.3 is 20.1 Å². The second-order valence-corrected chi connectivity index (χ2v) is 8.29. The van der Waals surface area contributed by atoms with E-state index in [2.05, 4.69) is 27.4 Å². The Morgan fingerprint density at radius 1 is 1.27 bits per heavy atom. The van der Waals surface area contributed by atoms with Gasteiger partial charge >= 0.3 is 0 Å². The fraction of sp³-hybridized carbons (Fsp3) is 0.478. The molecule has 1 fully saturated rings. The van der Waals surface area contributed by atoms with Crippen molar-refractivity contribution in [3.8, 4) is 5.75 Å². The quantitative estimate of drug-likeness (QED) is 0.682. The summed E-state index contributed by atoms with van der Waals surface area (Å²) < 4.78 is 11.4. The van der Waals surface area contributed by atoms with Crippen molar-refractivity contribution >= 4 is 17.3 Å². The van der Waals surface area contributed by atoms with Gasteiger partial charge in [0.15, 0.2) is 0 Å². The summed E-state index contributed by atoms with van der Waals surface area (Å²) in [6.07, 6.45) is 6.62. The Balaban J connectivity index is 1.32. The average molecular weight is 411 g/mol. The molecule has 1 unspecified atom stereocenters. The van der Waals surface area contributed by atoms with Gasteiger partial charge in [0.05, 0.1) is 36.3 Å². The third-order valence-corrected chi connectivity index (χ3v) is 5.70. The third kappa shape index (κ3) is 5.29. The van der Waals surface area contributed by atoms with E-state index in [1.807, 2.05) is 18.2 Å². The Bertz CT molecular complexity index is 855. The maximum Gasteiger partial charge on any atom is 0.255 e. The first-order chi connectivity index (χ1) is 14.6. The largest absolute Gasteiger partial charge is 0.489 e. The number of amides is 1. The van der Waals surface area contributed by atoms with Crippen LogP contribution in [-0.2, 0) is 4.74 Å². The smallest absolute Gasteiger partial charge is 0.255 e. The number of unbranched alkanes of at least 4 members (excludes halogenated alkanes) is 1. The molecule has 2 N–H and O–H groups in total. The zero-order chi connectivity index (χ0) is 20.8. The van der Waals surface area contributed by atoms with E-state index in [1.54, 1.807) is 24.5 Å². The van der Waals surface area contributed by atoms with Crippen molar-refractivity contribution in [3.63, 3.8) is 0 Å². The summed E-state index contributed by atoms with van der Waals surface area (Å²) >= 11 is 0. The molecule has 1 aromatic carbocycles. The molecule has 3 heterocycles. The normalized spacial score (nSPS) is 21.2. The zero-order valence-electron chi connectivity index (χ0n) is 17.5.